The zero-order valence-corrected chi connectivity index (χ0v) is 16.3. The molecular formula is C23H29NO3. The fourth-order valence-corrected chi connectivity index (χ4v) is 7.02. The highest BCUT2D eigenvalue weighted by Gasteiger charge is 2.69. The van der Waals surface area contributed by atoms with E-state index in [0.717, 1.165) is 31.7 Å². The van der Waals surface area contributed by atoms with Crippen LogP contribution >= 0.6 is 0 Å². The number of rotatable bonds is 2. The molecule has 27 heavy (non-hydrogen) atoms. The number of aromatic hydroxyl groups is 1. The largest absolute Gasteiger partial charge is 0.504 e. The van der Waals surface area contributed by atoms with E-state index in [1.165, 1.54) is 36.9 Å². The first kappa shape index (κ1) is 16.4. The van der Waals surface area contributed by atoms with Crippen molar-refractivity contribution in [2.75, 3.05) is 13.1 Å². The normalized spacial score (nSPS) is 38.9. The molecule has 4 heteroatoms. The Kier molecular flexibility index (Phi) is 3.09. The Hall–Kier alpha value is -1.55. The van der Waals surface area contributed by atoms with E-state index in [1.54, 1.807) is 6.07 Å². The van der Waals surface area contributed by atoms with Crippen molar-refractivity contribution in [1.82, 2.24) is 4.90 Å². The second-order valence-corrected chi connectivity index (χ2v) is 10.4. The average molecular weight is 367 g/mol. The number of likely N-dealkylation sites (tertiary alicyclic amines) is 1. The van der Waals surface area contributed by atoms with Gasteiger partial charge in [0.1, 0.15) is 0 Å². The average Bonchev–Trinajstić information content (AvgIpc) is 2.93. The highest BCUT2D eigenvalue weighted by atomic mass is 16.5. The number of piperidine rings is 1. The lowest BCUT2D eigenvalue weighted by atomic mass is 9.47. The van der Waals surface area contributed by atoms with E-state index in [9.17, 15) is 9.90 Å². The van der Waals surface area contributed by atoms with Crippen LogP contribution in [-0.2, 0) is 16.6 Å². The first-order chi connectivity index (χ1) is 12.9. The van der Waals surface area contributed by atoms with Crippen LogP contribution in [-0.4, -0.2) is 41.0 Å². The van der Waals surface area contributed by atoms with Gasteiger partial charge in [0.15, 0.2) is 23.4 Å². The van der Waals surface area contributed by atoms with Crippen molar-refractivity contribution in [3.63, 3.8) is 0 Å². The monoisotopic (exact) mass is 367 g/mol. The van der Waals surface area contributed by atoms with Gasteiger partial charge in [-0.1, -0.05) is 26.3 Å². The SMILES string of the molecule is CC1(C)C[C@H]2[C@H]3Cc4ccc(O)c5c4[C@@]2(CCN3CC2CCC2)[C@@H](O5)C1=O. The van der Waals surface area contributed by atoms with Crippen molar-refractivity contribution in [2.24, 2.45) is 17.3 Å². The number of phenolic OH excluding ortho intramolecular Hbond substituents is 1. The van der Waals surface area contributed by atoms with E-state index in [0.29, 0.717) is 17.7 Å². The lowest BCUT2D eigenvalue weighted by Gasteiger charge is -2.60. The highest BCUT2D eigenvalue weighted by Crippen LogP contribution is 2.65. The molecule has 1 aromatic carbocycles. The molecule has 2 bridgehead atoms. The molecule has 1 aromatic rings. The van der Waals surface area contributed by atoms with Gasteiger partial charge in [-0.15, -0.1) is 0 Å². The summed E-state index contributed by atoms with van der Waals surface area (Å²) in [5.41, 5.74) is 1.92. The van der Waals surface area contributed by atoms with Crippen LogP contribution in [0.5, 0.6) is 11.5 Å². The molecule has 1 spiro atoms. The van der Waals surface area contributed by atoms with Crippen molar-refractivity contribution in [3.05, 3.63) is 23.3 Å². The lowest BCUT2D eigenvalue weighted by molar-refractivity contribution is -0.153. The maximum Gasteiger partial charge on any atom is 0.179 e. The van der Waals surface area contributed by atoms with Gasteiger partial charge in [0.25, 0.3) is 0 Å². The van der Waals surface area contributed by atoms with E-state index in [1.807, 2.05) is 0 Å². The standard InChI is InChI=1S/C23H29NO3/c1-22(2)11-15-16-10-14-6-7-17(25)19-18(14)23(15,21(27-19)20(22)26)8-9-24(16)12-13-4-3-5-13/h6-7,13,15-16,21,25H,3-5,8-12H2,1-2H3/t15-,16+,21-,23-/m0/s1. The quantitative estimate of drug-likeness (QED) is 0.870. The summed E-state index contributed by atoms with van der Waals surface area (Å²) in [7, 11) is 0. The third-order valence-electron chi connectivity index (χ3n) is 8.58. The molecule has 0 amide bonds. The van der Waals surface area contributed by atoms with Gasteiger partial charge in [0.05, 0.1) is 0 Å². The zero-order valence-electron chi connectivity index (χ0n) is 16.3. The lowest BCUT2D eigenvalue weighted by Crippen LogP contribution is -2.69. The van der Waals surface area contributed by atoms with E-state index >= 15 is 0 Å². The van der Waals surface area contributed by atoms with Crippen LogP contribution in [0.15, 0.2) is 12.1 Å². The summed E-state index contributed by atoms with van der Waals surface area (Å²) in [6, 6.07) is 4.35. The summed E-state index contributed by atoms with van der Waals surface area (Å²) in [4.78, 5) is 16.1. The van der Waals surface area contributed by atoms with Gasteiger partial charge in [0, 0.05) is 29.0 Å². The van der Waals surface area contributed by atoms with E-state index in [2.05, 4.69) is 24.8 Å². The molecule has 3 fully saturated rings. The van der Waals surface area contributed by atoms with Crippen LogP contribution < -0.4 is 4.74 Å². The molecule has 0 radical (unpaired) electrons. The first-order valence-electron chi connectivity index (χ1n) is 10.7. The summed E-state index contributed by atoms with van der Waals surface area (Å²) in [6.45, 7) is 6.46. The Labute approximate surface area is 160 Å². The summed E-state index contributed by atoms with van der Waals surface area (Å²) in [5, 5.41) is 10.5. The minimum atomic E-state index is -0.415. The molecule has 2 aliphatic heterocycles. The molecule has 0 aromatic heterocycles. The fraction of sp³-hybridized carbons (Fsp3) is 0.696. The van der Waals surface area contributed by atoms with Gasteiger partial charge in [-0.2, -0.15) is 0 Å². The van der Waals surface area contributed by atoms with Gasteiger partial charge in [-0.05, 0) is 62.1 Å². The number of ketones is 1. The second-order valence-electron chi connectivity index (χ2n) is 10.4. The van der Waals surface area contributed by atoms with Crippen LogP contribution in [0.4, 0.5) is 0 Å². The van der Waals surface area contributed by atoms with E-state index < -0.39 is 6.10 Å². The van der Waals surface area contributed by atoms with Crippen LogP contribution in [0.25, 0.3) is 0 Å². The number of nitrogens with zero attached hydrogens (tertiary/aromatic N) is 1. The summed E-state index contributed by atoms with van der Waals surface area (Å²) in [6.07, 6.45) is 6.68. The van der Waals surface area contributed by atoms with E-state index in [4.69, 9.17) is 4.74 Å². The summed E-state index contributed by atoms with van der Waals surface area (Å²) >= 11 is 0. The third-order valence-corrected chi connectivity index (χ3v) is 8.58. The number of hydrogen-bond donors (Lipinski definition) is 1. The Bertz CT molecular complexity index is 842. The topological polar surface area (TPSA) is 49.8 Å². The molecule has 144 valence electrons. The van der Waals surface area contributed by atoms with Crippen molar-refractivity contribution in [3.8, 4) is 11.5 Å². The Morgan fingerprint density at radius 1 is 1.30 bits per heavy atom. The number of carbonyl (C=O) groups excluding carboxylic acids is 1. The molecular weight excluding hydrogens is 338 g/mol. The molecule has 4 atom stereocenters. The Balaban J connectivity index is 1.51. The van der Waals surface area contributed by atoms with Crippen molar-refractivity contribution in [2.45, 2.75) is 69.9 Å². The molecule has 1 saturated heterocycles. The van der Waals surface area contributed by atoms with Crippen LogP contribution in [0.3, 0.4) is 0 Å². The number of carbonyl (C=O) groups is 1. The molecule has 5 aliphatic rings. The summed E-state index contributed by atoms with van der Waals surface area (Å²) in [5.74, 6) is 2.36. The predicted octanol–water partition coefficient (Wildman–Crippen LogP) is 3.44. The fourth-order valence-electron chi connectivity index (χ4n) is 7.02. The van der Waals surface area contributed by atoms with Crippen LogP contribution in [0.1, 0.15) is 57.1 Å². The minimum Gasteiger partial charge on any atom is -0.504 e. The first-order valence-corrected chi connectivity index (χ1v) is 10.7. The van der Waals surface area contributed by atoms with Crippen molar-refractivity contribution in [1.29, 1.82) is 0 Å². The maximum atomic E-state index is 13.4. The van der Waals surface area contributed by atoms with Crippen molar-refractivity contribution < 1.29 is 14.6 Å². The maximum absolute atomic E-state index is 13.4. The Morgan fingerprint density at radius 2 is 2.11 bits per heavy atom. The third kappa shape index (κ3) is 1.90. The van der Waals surface area contributed by atoms with Crippen molar-refractivity contribution >= 4 is 5.78 Å². The van der Waals surface area contributed by atoms with E-state index in [-0.39, 0.29) is 22.4 Å². The number of hydrogen-bond acceptors (Lipinski definition) is 4. The predicted molar refractivity (Wildman–Crippen MR) is 102 cm³/mol. The number of ether oxygens (including phenoxy) is 1. The zero-order chi connectivity index (χ0) is 18.6. The van der Waals surface area contributed by atoms with Gasteiger partial charge < -0.3 is 9.84 Å². The summed E-state index contributed by atoms with van der Waals surface area (Å²) < 4.78 is 6.29. The molecule has 2 saturated carbocycles. The smallest absolute Gasteiger partial charge is 0.179 e. The van der Waals surface area contributed by atoms with Gasteiger partial charge >= 0.3 is 0 Å². The Morgan fingerprint density at radius 3 is 2.85 bits per heavy atom. The van der Waals surface area contributed by atoms with Gasteiger partial charge in [-0.25, -0.2) is 0 Å². The molecule has 6 rings (SSSR count). The number of benzene rings is 1. The highest BCUT2D eigenvalue weighted by molar-refractivity contribution is 5.93. The number of Topliss-reactive ketones (excluding diaryl/α,β-unsaturated/α-hetero) is 1. The minimum absolute atomic E-state index is 0.206. The van der Waals surface area contributed by atoms with Gasteiger partial charge in [-0.3, -0.25) is 9.69 Å². The molecule has 4 nitrogen and oxygen atoms in total. The molecule has 0 unspecified atom stereocenters. The second kappa shape index (κ2) is 5.08. The molecule has 2 heterocycles. The molecule has 1 N–H and O–H groups in total. The van der Waals surface area contributed by atoms with Gasteiger partial charge in [0.2, 0.25) is 0 Å². The molecule has 3 aliphatic carbocycles. The van der Waals surface area contributed by atoms with Crippen LogP contribution in [0, 0.1) is 17.3 Å². The number of phenols is 1. The van der Waals surface area contributed by atoms with Crippen LogP contribution in [0.2, 0.25) is 0 Å².